The zero-order valence-electron chi connectivity index (χ0n) is 17.6. The Hall–Kier alpha value is -0.850. The maximum absolute atomic E-state index is 11.6. The number of nitrogens with one attached hydrogen (secondary N) is 2. The number of hydrogen-bond donors (Lipinski definition) is 2. The number of alkyl carbamates (subject to hydrolysis) is 1. The number of nitrogens with zero attached hydrogens (tertiary/aromatic N) is 1. The van der Waals surface area contributed by atoms with Crippen molar-refractivity contribution < 1.29 is 14.3 Å². The summed E-state index contributed by atoms with van der Waals surface area (Å²) in [7, 11) is 5.99. The van der Waals surface area contributed by atoms with Crippen molar-refractivity contribution in [2.45, 2.75) is 71.6 Å². The molecular weight excluding hydrogens is 318 g/mol. The minimum Gasteiger partial charge on any atom is -0.444 e. The van der Waals surface area contributed by atoms with Crippen molar-refractivity contribution in [2.75, 3.05) is 40.9 Å². The molecule has 0 spiro atoms. The number of likely N-dealkylation sites (N-methyl/N-ethyl adjacent to an activating group) is 1. The van der Waals surface area contributed by atoms with Crippen LogP contribution in [0.3, 0.4) is 0 Å². The predicted octanol–water partition coefficient (Wildman–Crippen LogP) is 2.87. The minimum absolute atomic E-state index is 0.292. The molecule has 0 aliphatic carbocycles. The molecule has 0 radical (unpaired) electrons. The molecule has 25 heavy (non-hydrogen) atoms. The first-order valence-corrected chi connectivity index (χ1v) is 9.40. The van der Waals surface area contributed by atoms with Crippen molar-refractivity contribution in [1.82, 2.24) is 15.5 Å². The maximum atomic E-state index is 11.6. The van der Waals surface area contributed by atoms with E-state index in [2.05, 4.69) is 43.5 Å². The summed E-state index contributed by atoms with van der Waals surface area (Å²) in [5.41, 5.74) is -0.457. The number of ether oxygens (including phenoxy) is 2. The fraction of sp³-hybridized carbons (Fsp3) is 0.947. The van der Waals surface area contributed by atoms with E-state index in [4.69, 9.17) is 9.47 Å². The molecule has 2 N–H and O–H groups in total. The Labute approximate surface area is 155 Å². The topological polar surface area (TPSA) is 62.8 Å². The van der Waals surface area contributed by atoms with Crippen LogP contribution < -0.4 is 10.6 Å². The van der Waals surface area contributed by atoms with E-state index in [0.717, 1.165) is 19.4 Å². The van der Waals surface area contributed by atoms with Crippen LogP contribution in [0.4, 0.5) is 4.79 Å². The van der Waals surface area contributed by atoms with E-state index in [0.29, 0.717) is 31.2 Å². The molecular formula is C19H41N3O3. The van der Waals surface area contributed by atoms with Crippen molar-refractivity contribution in [1.29, 1.82) is 0 Å². The summed E-state index contributed by atoms with van der Waals surface area (Å²) in [4.78, 5) is 13.9. The van der Waals surface area contributed by atoms with Gasteiger partial charge in [-0.1, -0.05) is 13.8 Å². The molecule has 6 nitrogen and oxygen atoms in total. The highest BCUT2D eigenvalue weighted by Gasteiger charge is 2.17. The molecule has 6 heteroatoms. The molecule has 2 unspecified atom stereocenters. The van der Waals surface area contributed by atoms with Crippen molar-refractivity contribution >= 4 is 6.09 Å². The Morgan fingerprint density at radius 2 is 1.84 bits per heavy atom. The summed E-state index contributed by atoms with van der Waals surface area (Å²) >= 11 is 0. The number of amides is 1. The van der Waals surface area contributed by atoms with Crippen LogP contribution in [0.2, 0.25) is 0 Å². The van der Waals surface area contributed by atoms with Crippen molar-refractivity contribution in [3.63, 3.8) is 0 Å². The van der Waals surface area contributed by atoms with Gasteiger partial charge in [0.15, 0.2) is 0 Å². The second-order valence-electron chi connectivity index (χ2n) is 8.38. The van der Waals surface area contributed by atoms with Gasteiger partial charge in [0.1, 0.15) is 5.60 Å². The Bertz CT molecular complexity index is 354. The van der Waals surface area contributed by atoms with Crippen molar-refractivity contribution in [3.8, 4) is 0 Å². The van der Waals surface area contributed by atoms with E-state index in [1.54, 1.807) is 7.11 Å². The van der Waals surface area contributed by atoms with E-state index in [1.807, 2.05) is 20.8 Å². The zero-order valence-corrected chi connectivity index (χ0v) is 17.6. The SMILES string of the molecule is COCC(CCCNC(=O)OC(C)(C)C)NCC(CC(C)C)N(C)C. The third-order valence-corrected chi connectivity index (χ3v) is 3.88. The number of hydrogen-bond acceptors (Lipinski definition) is 5. The molecule has 1 amide bonds. The van der Waals surface area contributed by atoms with Gasteiger partial charge in [0.2, 0.25) is 0 Å². The first-order valence-electron chi connectivity index (χ1n) is 9.40. The molecule has 0 saturated carbocycles. The number of carbonyl (C=O) groups excluding carboxylic acids is 1. The van der Waals surface area contributed by atoms with Crippen LogP contribution in [0, 0.1) is 5.92 Å². The van der Waals surface area contributed by atoms with Crippen LogP contribution in [-0.2, 0) is 9.47 Å². The smallest absolute Gasteiger partial charge is 0.407 e. The Morgan fingerprint density at radius 3 is 2.32 bits per heavy atom. The first-order chi connectivity index (χ1) is 11.5. The van der Waals surface area contributed by atoms with Crippen LogP contribution in [0.15, 0.2) is 0 Å². The normalized spacial score (nSPS) is 14.6. The molecule has 0 aliphatic rings. The summed E-state index contributed by atoms with van der Waals surface area (Å²) < 4.78 is 10.6. The number of methoxy groups -OCH3 is 1. The molecule has 2 atom stereocenters. The molecule has 0 aliphatic heterocycles. The number of rotatable bonds is 12. The van der Waals surface area contributed by atoms with Gasteiger partial charge < -0.3 is 25.0 Å². The molecule has 150 valence electrons. The van der Waals surface area contributed by atoms with Gasteiger partial charge in [-0.3, -0.25) is 0 Å². The summed E-state index contributed by atoms with van der Waals surface area (Å²) in [5, 5.41) is 6.43. The lowest BCUT2D eigenvalue weighted by atomic mass is 10.0. The predicted molar refractivity (Wildman–Crippen MR) is 104 cm³/mol. The average molecular weight is 360 g/mol. The minimum atomic E-state index is -0.457. The van der Waals surface area contributed by atoms with Gasteiger partial charge in [0.05, 0.1) is 6.61 Å². The van der Waals surface area contributed by atoms with Gasteiger partial charge in [0, 0.05) is 32.3 Å². The zero-order chi connectivity index (χ0) is 19.5. The average Bonchev–Trinajstić information content (AvgIpc) is 2.45. The lowest BCUT2D eigenvalue weighted by molar-refractivity contribution is 0.0526. The molecule has 0 saturated heterocycles. The molecule has 0 rings (SSSR count). The van der Waals surface area contributed by atoms with Gasteiger partial charge in [-0.2, -0.15) is 0 Å². The molecule has 0 bridgehead atoms. The van der Waals surface area contributed by atoms with Crippen LogP contribution in [0.25, 0.3) is 0 Å². The highest BCUT2D eigenvalue weighted by Crippen LogP contribution is 2.09. The quantitative estimate of drug-likeness (QED) is 0.525. The Kier molecular flexibility index (Phi) is 12.1. The van der Waals surface area contributed by atoms with Crippen LogP contribution >= 0.6 is 0 Å². The van der Waals surface area contributed by atoms with Crippen molar-refractivity contribution in [3.05, 3.63) is 0 Å². The van der Waals surface area contributed by atoms with E-state index in [-0.39, 0.29) is 6.09 Å². The van der Waals surface area contributed by atoms with E-state index in [1.165, 1.54) is 6.42 Å². The monoisotopic (exact) mass is 359 g/mol. The molecule has 0 aromatic heterocycles. The van der Waals surface area contributed by atoms with E-state index < -0.39 is 5.60 Å². The molecule has 0 aromatic rings. The standard InChI is InChI=1S/C19H41N3O3/c1-15(2)12-17(22(6)7)13-21-16(14-24-8)10-9-11-20-18(23)25-19(3,4)5/h15-17,21H,9-14H2,1-8H3,(H,20,23). The van der Waals surface area contributed by atoms with E-state index >= 15 is 0 Å². The summed E-state index contributed by atoms with van der Waals surface area (Å²) in [6.07, 6.45) is 2.65. The Morgan fingerprint density at radius 1 is 1.20 bits per heavy atom. The highest BCUT2D eigenvalue weighted by molar-refractivity contribution is 5.67. The fourth-order valence-electron chi connectivity index (χ4n) is 2.62. The fourth-order valence-corrected chi connectivity index (χ4v) is 2.62. The number of carbonyl (C=O) groups is 1. The molecule has 0 aromatic carbocycles. The lowest BCUT2D eigenvalue weighted by Crippen LogP contribution is -2.44. The Balaban J connectivity index is 4.18. The third kappa shape index (κ3) is 14.0. The maximum Gasteiger partial charge on any atom is 0.407 e. The molecule has 0 heterocycles. The highest BCUT2D eigenvalue weighted by atomic mass is 16.6. The lowest BCUT2D eigenvalue weighted by Gasteiger charge is -2.28. The summed E-state index contributed by atoms with van der Waals surface area (Å²) in [6.45, 7) is 12.3. The van der Waals surface area contributed by atoms with Gasteiger partial charge >= 0.3 is 6.09 Å². The largest absolute Gasteiger partial charge is 0.444 e. The van der Waals surface area contributed by atoms with E-state index in [9.17, 15) is 4.79 Å². The first kappa shape index (κ1) is 24.1. The summed E-state index contributed by atoms with van der Waals surface area (Å²) in [6, 6.07) is 0.805. The second kappa shape index (κ2) is 12.5. The summed E-state index contributed by atoms with van der Waals surface area (Å²) in [5.74, 6) is 0.674. The van der Waals surface area contributed by atoms with Crippen LogP contribution in [0.5, 0.6) is 0 Å². The van der Waals surface area contributed by atoms with Gasteiger partial charge in [-0.05, 0) is 60.0 Å². The third-order valence-electron chi connectivity index (χ3n) is 3.88. The van der Waals surface area contributed by atoms with Crippen LogP contribution in [-0.4, -0.2) is 69.6 Å². The second-order valence-corrected chi connectivity index (χ2v) is 8.38. The van der Waals surface area contributed by atoms with Gasteiger partial charge in [-0.25, -0.2) is 4.79 Å². The van der Waals surface area contributed by atoms with Gasteiger partial charge in [0.25, 0.3) is 0 Å². The van der Waals surface area contributed by atoms with Crippen molar-refractivity contribution in [2.24, 2.45) is 5.92 Å². The van der Waals surface area contributed by atoms with Gasteiger partial charge in [-0.15, -0.1) is 0 Å². The molecule has 0 fully saturated rings. The van der Waals surface area contributed by atoms with Crippen LogP contribution in [0.1, 0.15) is 53.9 Å².